The van der Waals surface area contributed by atoms with Gasteiger partial charge in [-0.2, -0.15) is 0 Å². The fourth-order valence-corrected chi connectivity index (χ4v) is 1.90. The highest BCUT2D eigenvalue weighted by atomic mass is 19.1. The molecule has 1 unspecified atom stereocenters. The van der Waals surface area contributed by atoms with Crippen molar-refractivity contribution in [1.29, 1.82) is 0 Å². The second-order valence-corrected chi connectivity index (χ2v) is 4.72. The van der Waals surface area contributed by atoms with Gasteiger partial charge in [-0.1, -0.05) is 32.1 Å². The summed E-state index contributed by atoms with van der Waals surface area (Å²) >= 11 is 0. The van der Waals surface area contributed by atoms with Crippen molar-refractivity contribution < 1.29 is 14.2 Å². The molecule has 1 N–H and O–H groups in total. The highest BCUT2D eigenvalue weighted by Crippen LogP contribution is 2.11. The molecule has 19 heavy (non-hydrogen) atoms. The third kappa shape index (κ3) is 6.37. The first kappa shape index (κ1) is 15.7. The average molecular weight is 264 g/mol. The van der Waals surface area contributed by atoms with E-state index in [0.717, 1.165) is 18.4 Å². The topological polar surface area (TPSA) is 29.5 Å². The molecule has 0 amide bonds. The predicted molar refractivity (Wildman–Crippen MR) is 74.1 cm³/mol. The zero-order valence-electron chi connectivity index (χ0n) is 11.6. The van der Waals surface area contributed by atoms with E-state index < -0.39 is 0 Å². The first-order valence-electron chi connectivity index (χ1n) is 6.62. The van der Waals surface area contributed by atoms with Crippen molar-refractivity contribution in [3.63, 3.8) is 0 Å². The Kier molecular flexibility index (Phi) is 7.17. The van der Waals surface area contributed by atoms with Crippen LogP contribution in [0.4, 0.5) is 4.39 Å². The smallest absolute Gasteiger partial charge is 0.124 e. The standard InChI is InChI=1S/C16H21FO2/c1-3-5-13(2)11-19-12-15-8-14(6-4-7-18)9-16(17)10-15/h8-10,13,18H,3,5,7,11-12H2,1-2H3. The van der Waals surface area contributed by atoms with E-state index in [4.69, 9.17) is 9.84 Å². The summed E-state index contributed by atoms with van der Waals surface area (Å²) in [5.41, 5.74) is 1.33. The summed E-state index contributed by atoms with van der Waals surface area (Å²) < 4.78 is 19.0. The van der Waals surface area contributed by atoms with Crippen LogP contribution in [-0.2, 0) is 11.3 Å². The van der Waals surface area contributed by atoms with Gasteiger partial charge in [0.15, 0.2) is 0 Å². The van der Waals surface area contributed by atoms with Crippen LogP contribution in [-0.4, -0.2) is 18.3 Å². The van der Waals surface area contributed by atoms with Crippen molar-refractivity contribution in [2.75, 3.05) is 13.2 Å². The van der Waals surface area contributed by atoms with E-state index in [1.165, 1.54) is 12.1 Å². The van der Waals surface area contributed by atoms with E-state index in [0.29, 0.717) is 24.7 Å². The Morgan fingerprint density at radius 1 is 1.37 bits per heavy atom. The average Bonchev–Trinajstić information content (AvgIpc) is 2.36. The molecule has 0 heterocycles. The van der Waals surface area contributed by atoms with Crippen LogP contribution in [0.25, 0.3) is 0 Å². The van der Waals surface area contributed by atoms with Crippen molar-refractivity contribution in [3.8, 4) is 11.8 Å². The largest absolute Gasteiger partial charge is 0.384 e. The number of halogens is 1. The van der Waals surface area contributed by atoms with Gasteiger partial charge in [0, 0.05) is 12.2 Å². The van der Waals surface area contributed by atoms with Gasteiger partial charge < -0.3 is 9.84 Å². The zero-order valence-corrected chi connectivity index (χ0v) is 11.6. The molecule has 1 aromatic carbocycles. The van der Waals surface area contributed by atoms with E-state index in [1.807, 2.05) is 0 Å². The fourth-order valence-electron chi connectivity index (χ4n) is 1.90. The van der Waals surface area contributed by atoms with E-state index >= 15 is 0 Å². The Hall–Kier alpha value is -1.37. The van der Waals surface area contributed by atoms with E-state index in [-0.39, 0.29) is 12.4 Å². The van der Waals surface area contributed by atoms with Gasteiger partial charge in [-0.25, -0.2) is 4.39 Å². The Morgan fingerprint density at radius 3 is 2.84 bits per heavy atom. The van der Waals surface area contributed by atoms with Crippen LogP contribution in [0.5, 0.6) is 0 Å². The van der Waals surface area contributed by atoms with Gasteiger partial charge in [-0.3, -0.25) is 0 Å². The van der Waals surface area contributed by atoms with E-state index in [1.54, 1.807) is 6.07 Å². The molecule has 2 nitrogen and oxygen atoms in total. The monoisotopic (exact) mass is 264 g/mol. The lowest BCUT2D eigenvalue weighted by molar-refractivity contribution is 0.0892. The summed E-state index contributed by atoms with van der Waals surface area (Å²) in [6.07, 6.45) is 2.28. The zero-order chi connectivity index (χ0) is 14.1. The molecule has 3 heteroatoms. The molecule has 0 bridgehead atoms. The molecular weight excluding hydrogens is 243 g/mol. The number of benzene rings is 1. The Morgan fingerprint density at radius 2 is 2.16 bits per heavy atom. The molecule has 0 spiro atoms. The summed E-state index contributed by atoms with van der Waals surface area (Å²) in [4.78, 5) is 0. The molecule has 1 rings (SSSR count). The van der Waals surface area contributed by atoms with Gasteiger partial charge in [-0.05, 0) is 36.1 Å². The molecular formula is C16H21FO2. The van der Waals surface area contributed by atoms with Gasteiger partial charge in [0.2, 0.25) is 0 Å². The number of ether oxygens (including phenoxy) is 1. The van der Waals surface area contributed by atoms with Crippen LogP contribution in [0, 0.1) is 23.6 Å². The van der Waals surface area contributed by atoms with Crippen LogP contribution in [0.2, 0.25) is 0 Å². The number of aliphatic hydroxyl groups excluding tert-OH is 1. The van der Waals surface area contributed by atoms with Crippen molar-refractivity contribution >= 4 is 0 Å². The summed E-state index contributed by atoms with van der Waals surface area (Å²) in [5.74, 6) is 5.40. The Balaban J connectivity index is 2.56. The van der Waals surface area contributed by atoms with Crippen LogP contribution in [0.1, 0.15) is 37.8 Å². The second-order valence-electron chi connectivity index (χ2n) is 4.72. The highest BCUT2D eigenvalue weighted by molar-refractivity contribution is 5.37. The fraction of sp³-hybridized carbons (Fsp3) is 0.500. The summed E-state index contributed by atoms with van der Waals surface area (Å²) in [6, 6.07) is 4.59. The normalized spacial score (nSPS) is 11.8. The molecule has 0 aliphatic heterocycles. The lowest BCUT2D eigenvalue weighted by atomic mass is 10.1. The molecule has 0 saturated carbocycles. The number of hydrogen-bond acceptors (Lipinski definition) is 2. The first-order chi connectivity index (χ1) is 9.15. The van der Waals surface area contributed by atoms with Crippen LogP contribution in [0.15, 0.2) is 18.2 Å². The lowest BCUT2D eigenvalue weighted by Gasteiger charge is -2.11. The number of rotatable bonds is 6. The van der Waals surface area contributed by atoms with Crippen LogP contribution in [0.3, 0.4) is 0 Å². The number of aliphatic hydroxyl groups is 1. The maximum absolute atomic E-state index is 13.4. The Bertz CT molecular complexity index is 446. The molecule has 0 aliphatic carbocycles. The molecule has 1 atom stereocenters. The van der Waals surface area contributed by atoms with Gasteiger partial charge >= 0.3 is 0 Å². The molecule has 104 valence electrons. The van der Waals surface area contributed by atoms with Crippen molar-refractivity contribution in [2.24, 2.45) is 5.92 Å². The third-order valence-electron chi connectivity index (χ3n) is 2.72. The van der Waals surface area contributed by atoms with Crippen LogP contribution >= 0.6 is 0 Å². The van der Waals surface area contributed by atoms with Crippen molar-refractivity contribution in [2.45, 2.75) is 33.3 Å². The SMILES string of the molecule is CCCC(C)COCc1cc(F)cc(C#CCO)c1. The molecule has 0 radical (unpaired) electrons. The minimum atomic E-state index is -0.329. The van der Waals surface area contributed by atoms with Gasteiger partial charge in [0.05, 0.1) is 6.61 Å². The van der Waals surface area contributed by atoms with Crippen molar-refractivity contribution in [3.05, 3.63) is 35.1 Å². The molecule has 0 fully saturated rings. The molecule has 0 aliphatic rings. The Labute approximate surface area is 114 Å². The molecule has 0 saturated heterocycles. The van der Waals surface area contributed by atoms with Gasteiger partial charge in [-0.15, -0.1) is 0 Å². The molecule has 0 aromatic heterocycles. The number of hydrogen-bond donors (Lipinski definition) is 1. The molecule has 1 aromatic rings. The first-order valence-corrected chi connectivity index (χ1v) is 6.62. The maximum atomic E-state index is 13.4. The van der Waals surface area contributed by atoms with E-state index in [2.05, 4.69) is 25.7 Å². The minimum absolute atomic E-state index is 0.225. The van der Waals surface area contributed by atoms with Crippen LogP contribution < -0.4 is 0 Å². The summed E-state index contributed by atoms with van der Waals surface area (Å²) in [5, 5.41) is 8.63. The lowest BCUT2D eigenvalue weighted by Crippen LogP contribution is -2.05. The third-order valence-corrected chi connectivity index (χ3v) is 2.72. The van der Waals surface area contributed by atoms with Crippen molar-refractivity contribution in [1.82, 2.24) is 0 Å². The predicted octanol–water partition coefficient (Wildman–Crippen LogP) is 3.12. The van der Waals surface area contributed by atoms with Gasteiger partial charge in [0.25, 0.3) is 0 Å². The van der Waals surface area contributed by atoms with E-state index in [9.17, 15) is 4.39 Å². The maximum Gasteiger partial charge on any atom is 0.124 e. The summed E-state index contributed by atoms with van der Waals surface area (Å²) in [7, 11) is 0. The quantitative estimate of drug-likeness (QED) is 0.800. The minimum Gasteiger partial charge on any atom is -0.384 e. The second kappa shape index (κ2) is 8.68. The summed E-state index contributed by atoms with van der Waals surface area (Å²) in [6.45, 7) is 5.14. The van der Waals surface area contributed by atoms with Gasteiger partial charge in [0.1, 0.15) is 12.4 Å². The highest BCUT2D eigenvalue weighted by Gasteiger charge is 2.03.